The van der Waals surface area contributed by atoms with Gasteiger partial charge >= 0.3 is 0 Å². The molecule has 1 aromatic carbocycles. The number of hydrogen-bond acceptors (Lipinski definition) is 4. The lowest BCUT2D eigenvalue weighted by Gasteiger charge is -2.40. The molecule has 144 valence electrons. The van der Waals surface area contributed by atoms with Gasteiger partial charge in [-0.1, -0.05) is 18.2 Å². The van der Waals surface area contributed by atoms with Gasteiger partial charge in [0.15, 0.2) is 5.60 Å². The monoisotopic (exact) mass is 363 g/mol. The molecule has 2 fully saturated rings. The van der Waals surface area contributed by atoms with Crippen LogP contribution < -0.4 is 0 Å². The number of likely N-dealkylation sites (N-methyl/N-ethyl adjacent to an activating group) is 1. The molecule has 0 aliphatic carbocycles. The van der Waals surface area contributed by atoms with E-state index in [4.69, 9.17) is 0 Å². The Bertz CT molecular complexity index is 621. The van der Waals surface area contributed by atoms with Gasteiger partial charge in [-0.05, 0) is 51.9 Å². The van der Waals surface area contributed by atoms with E-state index in [1.807, 2.05) is 11.9 Å². The Hall–Kier alpha value is -1.50. The second kappa shape index (κ2) is 8.46. The predicted octanol–water partition coefficient (Wildman–Crippen LogP) is 1.71. The normalized spacial score (nSPS) is 24.6. The van der Waals surface area contributed by atoms with E-state index < -0.39 is 5.60 Å². The molecule has 0 aromatic heterocycles. The van der Waals surface area contributed by atoms with E-state index in [9.17, 15) is 14.3 Å². The Kier molecular flexibility index (Phi) is 6.27. The Balaban J connectivity index is 1.57. The van der Waals surface area contributed by atoms with Gasteiger partial charge in [-0.3, -0.25) is 4.79 Å². The van der Waals surface area contributed by atoms with Gasteiger partial charge in [-0.15, -0.1) is 0 Å². The molecule has 0 unspecified atom stereocenters. The van der Waals surface area contributed by atoms with Crippen molar-refractivity contribution < 1.29 is 14.3 Å². The summed E-state index contributed by atoms with van der Waals surface area (Å²) in [4.78, 5) is 18.9. The van der Waals surface area contributed by atoms with Crippen LogP contribution in [0.15, 0.2) is 24.3 Å². The van der Waals surface area contributed by atoms with Crippen molar-refractivity contribution in [2.45, 2.75) is 37.8 Å². The maximum atomic E-state index is 13.9. The molecule has 0 spiro atoms. The second-order valence-electron chi connectivity index (χ2n) is 7.74. The summed E-state index contributed by atoms with van der Waals surface area (Å²) >= 11 is 0. The standard InChI is InChI=1S/C20H30FN3O2/c1-22(13-14-23-10-4-5-11-23)16-20(26)9-6-12-24(19(20)25)15-17-7-2-3-8-18(17)21/h2-3,7-8,26H,4-6,9-16H2,1H3/t20-/m1/s1. The first-order valence-electron chi connectivity index (χ1n) is 9.64. The van der Waals surface area contributed by atoms with Crippen LogP contribution in [-0.2, 0) is 11.3 Å². The second-order valence-corrected chi connectivity index (χ2v) is 7.74. The van der Waals surface area contributed by atoms with E-state index in [0.717, 1.165) is 32.6 Å². The molecule has 1 amide bonds. The fourth-order valence-electron chi connectivity index (χ4n) is 4.04. The number of carbonyl (C=O) groups is 1. The van der Waals surface area contributed by atoms with Gasteiger partial charge in [-0.2, -0.15) is 0 Å². The van der Waals surface area contributed by atoms with Gasteiger partial charge in [0.2, 0.25) is 0 Å². The first-order valence-corrected chi connectivity index (χ1v) is 9.64. The fourth-order valence-corrected chi connectivity index (χ4v) is 4.04. The van der Waals surface area contributed by atoms with E-state index in [1.165, 1.54) is 18.9 Å². The lowest BCUT2D eigenvalue weighted by atomic mass is 9.90. The summed E-state index contributed by atoms with van der Waals surface area (Å²) in [5, 5.41) is 11.0. The summed E-state index contributed by atoms with van der Waals surface area (Å²) in [7, 11) is 1.96. The molecule has 0 bridgehead atoms. The summed E-state index contributed by atoms with van der Waals surface area (Å²) in [6.45, 7) is 5.20. The molecule has 1 N–H and O–H groups in total. The molecular formula is C20H30FN3O2. The molecule has 2 aliphatic heterocycles. The number of hydrogen-bond donors (Lipinski definition) is 1. The maximum absolute atomic E-state index is 13.9. The van der Waals surface area contributed by atoms with Crippen molar-refractivity contribution in [2.24, 2.45) is 0 Å². The number of piperidine rings is 1. The lowest BCUT2D eigenvalue weighted by molar-refractivity contribution is -0.159. The van der Waals surface area contributed by atoms with Crippen LogP contribution in [-0.4, -0.2) is 77.6 Å². The summed E-state index contributed by atoms with van der Waals surface area (Å²) < 4.78 is 13.9. The average molecular weight is 363 g/mol. The van der Waals surface area contributed by atoms with Gasteiger partial charge in [0.25, 0.3) is 5.91 Å². The van der Waals surface area contributed by atoms with Crippen LogP contribution in [0.2, 0.25) is 0 Å². The number of nitrogens with zero attached hydrogens (tertiary/aromatic N) is 3. The third-order valence-electron chi connectivity index (χ3n) is 5.55. The van der Waals surface area contributed by atoms with Crippen LogP contribution in [0, 0.1) is 5.82 Å². The number of halogens is 1. The van der Waals surface area contributed by atoms with Crippen molar-refractivity contribution in [3.63, 3.8) is 0 Å². The molecule has 0 radical (unpaired) electrons. The van der Waals surface area contributed by atoms with Crippen LogP contribution in [0.4, 0.5) is 4.39 Å². The minimum absolute atomic E-state index is 0.214. The first-order chi connectivity index (χ1) is 12.5. The lowest BCUT2D eigenvalue weighted by Crippen LogP contribution is -2.58. The van der Waals surface area contributed by atoms with Crippen LogP contribution in [0.1, 0.15) is 31.2 Å². The number of rotatable bonds is 7. The highest BCUT2D eigenvalue weighted by molar-refractivity contribution is 5.86. The van der Waals surface area contributed by atoms with Crippen LogP contribution in [0.5, 0.6) is 0 Å². The quantitative estimate of drug-likeness (QED) is 0.801. The first kappa shape index (κ1) is 19.3. The number of aliphatic hydroxyl groups is 1. The van der Waals surface area contributed by atoms with E-state index in [1.54, 1.807) is 23.1 Å². The van der Waals surface area contributed by atoms with E-state index in [-0.39, 0.29) is 18.3 Å². The molecule has 5 nitrogen and oxygen atoms in total. The fraction of sp³-hybridized carbons (Fsp3) is 0.650. The van der Waals surface area contributed by atoms with Crippen molar-refractivity contribution >= 4 is 5.91 Å². The zero-order valence-electron chi connectivity index (χ0n) is 15.7. The number of amides is 1. The van der Waals surface area contributed by atoms with Gasteiger partial charge in [0.1, 0.15) is 5.82 Å². The van der Waals surface area contributed by atoms with Gasteiger partial charge < -0.3 is 19.8 Å². The summed E-state index contributed by atoms with van der Waals surface area (Å²) in [6, 6.07) is 6.51. The van der Waals surface area contributed by atoms with Crippen molar-refractivity contribution in [1.29, 1.82) is 0 Å². The molecule has 1 aromatic rings. The molecule has 0 saturated carbocycles. The van der Waals surface area contributed by atoms with Crippen molar-refractivity contribution in [1.82, 2.24) is 14.7 Å². The van der Waals surface area contributed by atoms with E-state index >= 15 is 0 Å². The topological polar surface area (TPSA) is 47.0 Å². The van der Waals surface area contributed by atoms with Gasteiger partial charge in [0.05, 0.1) is 0 Å². The molecule has 2 saturated heterocycles. The van der Waals surface area contributed by atoms with Crippen molar-refractivity contribution in [3.8, 4) is 0 Å². The summed E-state index contributed by atoms with van der Waals surface area (Å²) in [6.07, 6.45) is 3.72. The van der Waals surface area contributed by atoms with Crippen LogP contribution in [0.25, 0.3) is 0 Å². The van der Waals surface area contributed by atoms with Crippen molar-refractivity contribution in [2.75, 3.05) is 46.3 Å². The Morgan fingerprint density at radius 1 is 1.19 bits per heavy atom. The summed E-state index contributed by atoms with van der Waals surface area (Å²) in [5.74, 6) is -0.586. The number of carbonyl (C=O) groups excluding carboxylic acids is 1. The number of likely N-dealkylation sites (tertiary alicyclic amines) is 2. The Morgan fingerprint density at radius 3 is 2.65 bits per heavy atom. The molecule has 2 aliphatic rings. The van der Waals surface area contributed by atoms with E-state index in [2.05, 4.69) is 4.90 Å². The predicted molar refractivity (Wildman–Crippen MR) is 99.2 cm³/mol. The highest BCUT2D eigenvalue weighted by atomic mass is 19.1. The Labute approximate surface area is 155 Å². The molecule has 6 heteroatoms. The third-order valence-corrected chi connectivity index (χ3v) is 5.55. The molecule has 3 rings (SSSR count). The van der Waals surface area contributed by atoms with Crippen LogP contribution in [0.3, 0.4) is 0 Å². The van der Waals surface area contributed by atoms with Gasteiger partial charge in [-0.25, -0.2) is 4.39 Å². The molecule has 1 atom stereocenters. The highest BCUT2D eigenvalue weighted by Crippen LogP contribution is 2.25. The molecular weight excluding hydrogens is 333 g/mol. The summed E-state index contributed by atoms with van der Waals surface area (Å²) in [5.41, 5.74) is -0.879. The SMILES string of the molecule is CN(CCN1CCCC1)C[C@]1(O)CCCN(Cc2ccccc2F)C1=O. The molecule has 26 heavy (non-hydrogen) atoms. The smallest absolute Gasteiger partial charge is 0.256 e. The van der Waals surface area contributed by atoms with Gasteiger partial charge in [0, 0.05) is 38.3 Å². The van der Waals surface area contributed by atoms with Crippen molar-refractivity contribution in [3.05, 3.63) is 35.6 Å². The number of benzene rings is 1. The average Bonchev–Trinajstić information content (AvgIpc) is 3.13. The van der Waals surface area contributed by atoms with Crippen LogP contribution >= 0.6 is 0 Å². The van der Waals surface area contributed by atoms with E-state index in [0.29, 0.717) is 25.1 Å². The zero-order valence-corrected chi connectivity index (χ0v) is 15.7. The largest absolute Gasteiger partial charge is 0.379 e. The maximum Gasteiger partial charge on any atom is 0.256 e. The third kappa shape index (κ3) is 4.61. The minimum atomic E-state index is -1.37. The zero-order chi connectivity index (χ0) is 18.6. The Morgan fingerprint density at radius 2 is 1.92 bits per heavy atom. The molecule has 2 heterocycles. The highest BCUT2D eigenvalue weighted by Gasteiger charge is 2.42. The minimum Gasteiger partial charge on any atom is -0.379 e.